The Hall–Kier alpha value is -5.93. The van der Waals surface area contributed by atoms with Crippen LogP contribution in [0.1, 0.15) is 128 Å². The fourth-order valence-corrected chi connectivity index (χ4v) is 11.5. The quantitative estimate of drug-likeness (QED) is 0.0722. The molecule has 5 aromatic carbocycles. The first-order valence-electron chi connectivity index (χ1n) is 28.1. The minimum atomic E-state index is -1.03. The second kappa shape index (κ2) is 25.9. The maximum atomic E-state index is 15.6. The number of anilines is 1. The molecule has 2 aliphatic heterocycles. The number of aliphatic imine (C=N–C) groups is 1. The minimum absolute atomic E-state index is 0.0141. The molecule has 426 valence electrons. The normalized spacial score (nSPS) is 18.9. The van der Waals surface area contributed by atoms with E-state index in [1.807, 2.05) is 103 Å². The van der Waals surface area contributed by atoms with Crippen molar-refractivity contribution in [3.05, 3.63) is 151 Å². The molecule has 0 aliphatic carbocycles. The molecule has 1 fully saturated rings. The van der Waals surface area contributed by atoms with E-state index >= 15 is 4.79 Å². The highest BCUT2D eigenvalue weighted by Gasteiger charge is 2.60. The van der Waals surface area contributed by atoms with Gasteiger partial charge in [-0.1, -0.05) is 123 Å². The van der Waals surface area contributed by atoms with Gasteiger partial charge in [-0.15, -0.1) is 0 Å². The van der Waals surface area contributed by atoms with Crippen LogP contribution in [0.15, 0.2) is 113 Å². The topological polar surface area (TPSA) is 134 Å². The van der Waals surface area contributed by atoms with E-state index in [0.717, 1.165) is 68.3 Å². The zero-order chi connectivity index (χ0) is 57.5. The number of amidine groups is 1. The summed E-state index contributed by atoms with van der Waals surface area (Å²) in [4.78, 5) is 50.0. The third kappa shape index (κ3) is 13.7. The number of rotatable bonds is 21. The van der Waals surface area contributed by atoms with Gasteiger partial charge in [0.2, 0.25) is 5.91 Å². The highest BCUT2D eigenvalue weighted by molar-refractivity contribution is 9.10. The van der Waals surface area contributed by atoms with Crippen LogP contribution >= 0.6 is 39.1 Å². The number of hydrogen-bond acceptors (Lipinski definition) is 10. The lowest BCUT2D eigenvalue weighted by Crippen LogP contribution is -2.60. The van der Waals surface area contributed by atoms with Gasteiger partial charge >= 0.3 is 6.03 Å². The molecule has 0 saturated carbocycles. The lowest BCUT2D eigenvalue weighted by molar-refractivity contribution is -0.121. The van der Waals surface area contributed by atoms with Gasteiger partial charge in [-0.25, -0.2) is 14.8 Å². The summed E-state index contributed by atoms with van der Waals surface area (Å²) in [5, 5.41) is 8.84. The van der Waals surface area contributed by atoms with E-state index < -0.39 is 11.1 Å². The highest BCUT2D eigenvalue weighted by atomic mass is 79.9. The number of piperazine rings is 1. The molecule has 1 saturated heterocycles. The number of benzene rings is 5. The van der Waals surface area contributed by atoms with E-state index in [-0.39, 0.29) is 23.4 Å². The molecule has 0 radical (unpaired) electrons. The summed E-state index contributed by atoms with van der Waals surface area (Å²) in [6.07, 6.45) is 3.24. The van der Waals surface area contributed by atoms with Crippen molar-refractivity contribution in [1.82, 2.24) is 30.0 Å². The van der Waals surface area contributed by atoms with Crippen molar-refractivity contribution in [2.45, 2.75) is 117 Å². The third-order valence-electron chi connectivity index (χ3n) is 16.1. The van der Waals surface area contributed by atoms with E-state index in [9.17, 15) is 4.79 Å². The van der Waals surface area contributed by atoms with Crippen LogP contribution in [0, 0.1) is 18.8 Å². The number of aromatic nitrogens is 2. The smallest absolute Gasteiger partial charge is 0.326 e. The monoisotopic (exact) mass is 1190 g/mol. The maximum Gasteiger partial charge on any atom is 0.326 e. The Bertz CT molecular complexity index is 3170. The molecule has 80 heavy (non-hydrogen) atoms. The highest BCUT2D eigenvalue weighted by Crippen LogP contribution is 2.54. The van der Waals surface area contributed by atoms with Crippen LogP contribution in [0.4, 0.5) is 10.6 Å². The van der Waals surface area contributed by atoms with Gasteiger partial charge in [-0.2, -0.15) is 0 Å². The molecule has 2 unspecified atom stereocenters. The molecule has 2 N–H and O–H groups in total. The van der Waals surface area contributed by atoms with Crippen molar-refractivity contribution in [1.29, 1.82) is 0 Å². The number of aryl methyl sites for hydroxylation is 1. The van der Waals surface area contributed by atoms with Gasteiger partial charge in [-0.3, -0.25) is 19.6 Å². The van der Waals surface area contributed by atoms with Crippen LogP contribution in [0.2, 0.25) is 10.0 Å². The Morgan fingerprint density at radius 1 is 0.787 bits per heavy atom. The summed E-state index contributed by atoms with van der Waals surface area (Å²) in [6, 6.07) is 33.7. The number of urea groups is 1. The fourth-order valence-electron chi connectivity index (χ4n) is 10.8. The summed E-state index contributed by atoms with van der Waals surface area (Å²) in [7, 11) is 1.65. The van der Waals surface area contributed by atoms with E-state index in [0.29, 0.717) is 110 Å². The van der Waals surface area contributed by atoms with Crippen LogP contribution in [-0.4, -0.2) is 102 Å². The number of carbonyl (C=O) groups excluding carboxylic acids is 2. The first kappa shape index (κ1) is 60.2. The van der Waals surface area contributed by atoms with Gasteiger partial charge in [0.15, 0.2) is 11.5 Å². The van der Waals surface area contributed by atoms with Crippen molar-refractivity contribution in [2.75, 3.05) is 64.9 Å². The second-order valence-corrected chi connectivity index (χ2v) is 24.8. The lowest BCUT2D eigenvalue weighted by Gasteiger charge is -2.47. The van der Waals surface area contributed by atoms with Crippen LogP contribution in [0.3, 0.4) is 0 Å². The molecule has 3 heterocycles. The zero-order valence-corrected chi connectivity index (χ0v) is 51.5. The molecule has 1 aromatic heterocycles. The SMILES string of the molecule is CCOc1cc(C(C)(C)C)ccc1C1=N[C@@](C)(c2ccc(Cl)cc2)[C@@](C)(c2ccc(Cl)cc2)N1C(=O)N1CCN(CCC(=O)NCC(C)CCC(C)CCOc2cc3nc(C)nc(N[C@H](C)c4cccc(Br)c4)c3cc2OC)CC1. The number of ether oxygens (including phenoxy) is 3. The van der Waals surface area contributed by atoms with Crippen LogP contribution in [0.25, 0.3) is 10.9 Å². The average Bonchev–Trinajstić information content (AvgIpc) is 3.96. The Morgan fingerprint density at radius 3 is 2.11 bits per heavy atom. The van der Waals surface area contributed by atoms with Crippen molar-refractivity contribution < 1.29 is 23.8 Å². The summed E-state index contributed by atoms with van der Waals surface area (Å²) < 4.78 is 19.6. The van der Waals surface area contributed by atoms with Gasteiger partial charge in [0.05, 0.1) is 37.4 Å². The maximum absolute atomic E-state index is 15.6. The Morgan fingerprint density at radius 2 is 1.46 bits per heavy atom. The molecule has 13 nitrogen and oxygen atoms in total. The molecule has 0 bridgehead atoms. The Balaban J connectivity index is 0.846. The number of hydrogen-bond donors (Lipinski definition) is 2. The van der Waals surface area contributed by atoms with Gasteiger partial charge in [-0.05, 0) is 142 Å². The Labute approximate surface area is 492 Å². The van der Waals surface area contributed by atoms with Gasteiger partial charge in [0.1, 0.15) is 34.3 Å². The number of carbonyl (C=O) groups is 2. The van der Waals surface area contributed by atoms with E-state index in [4.69, 9.17) is 52.4 Å². The number of nitrogens with one attached hydrogen (secondary N) is 2. The lowest BCUT2D eigenvalue weighted by atomic mass is 9.71. The van der Waals surface area contributed by atoms with Crippen LogP contribution in [-0.2, 0) is 21.3 Å². The van der Waals surface area contributed by atoms with Gasteiger partial charge in [0.25, 0.3) is 0 Å². The van der Waals surface area contributed by atoms with Crippen molar-refractivity contribution in [3.63, 3.8) is 0 Å². The van der Waals surface area contributed by atoms with Crippen molar-refractivity contribution in [3.8, 4) is 17.2 Å². The number of fused-ring (bicyclic) bond motifs is 1. The van der Waals surface area contributed by atoms with Crippen molar-refractivity contribution in [2.24, 2.45) is 16.8 Å². The van der Waals surface area contributed by atoms with Crippen molar-refractivity contribution >= 4 is 73.6 Å². The number of halogens is 3. The molecule has 16 heteroatoms. The summed E-state index contributed by atoms with van der Waals surface area (Å²) in [6.45, 7) is 25.5. The molecular weight excluding hydrogens is 1110 g/mol. The predicted molar refractivity (Wildman–Crippen MR) is 328 cm³/mol. The largest absolute Gasteiger partial charge is 0.493 e. The van der Waals surface area contributed by atoms with Gasteiger partial charge in [0, 0.05) is 71.7 Å². The third-order valence-corrected chi connectivity index (χ3v) is 17.1. The average molecular weight is 1190 g/mol. The minimum Gasteiger partial charge on any atom is -0.493 e. The van der Waals surface area contributed by atoms with Crippen LogP contribution in [0.5, 0.6) is 17.2 Å². The molecule has 2 aliphatic rings. The van der Waals surface area contributed by atoms with E-state index in [1.54, 1.807) is 7.11 Å². The summed E-state index contributed by atoms with van der Waals surface area (Å²) in [5.74, 6) is 4.65. The van der Waals surface area contributed by atoms with Crippen LogP contribution < -0.4 is 24.8 Å². The molecule has 8 rings (SSSR count). The molecule has 6 aromatic rings. The summed E-state index contributed by atoms with van der Waals surface area (Å²) >= 11 is 16.6. The van der Waals surface area contributed by atoms with Gasteiger partial charge < -0.3 is 29.7 Å². The fraction of sp³-hybridized carbons (Fsp3) is 0.453. The standard InChI is InChI=1S/C64H79BrCl2N8O5/c1-12-79-55-37-48(62(6,7)8)22-27-52(55)60-72-63(9,46-18-23-50(66)24-19-46)64(10,47-20-25-51(67)26-21-47)75(60)61(77)74-33-31-73(32-34-74)30-28-58(76)68-40-42(3)17-16-41(2)29-35-80-57-39-54-53(38-56(57)78-11)59(71-44(5)70-54)69-43(4)45-14-13-15-49(65)36-45/h13-15,18-27,36-39,41-43H,12,16-17,28-35,40H2,1-11H3,(H,68,76)(H,69,70,71)/t41?,42?,43-,63+,64-/m1/s1. The first-order valence-corrected chi connectivity index (χ1v) is 29.7. The zero-order valence-electron chi connectivity index (χ0n) is 48.4. The molecule has 3 amide bonds. The molecule has 0 spiro atoms. The number of methoxy groups -OCH3 is 1. The molecular formula is C64H79BrCl2N8O5. The first-order chi connectivity index (χ1) is 38.1. The molecule has 5 atom stereocenters. The second-order valence-electron chi connectivity index (χ2n) is 23.0. The number of nitrogens with zero attached hydrogens (tertiary/aromatic N) is 6. The summed E-state index contributed by atoms with van der Waals surface area (Å²) in [5.41, 5.74) is 3.42. The number of amides is 3. The van der Waals surface area contributed by atoms with E-state index in [2.05, 4.69) is 111 Å². The van der Waals surface area contributed by atoms with E-state index in [1.165, 1.54) is 0 Å². The predicted octanol–water partition coefficient (Wildman–Crippen LogP) is 14.5. The Kier molecular flexibility index (Phi) is 19.5.